The Hall–Kier alpha value is -2.13. The highest BCUT2D eigenvalue weighted by Gasteiger charge is 2.18. The molecule has 0 aliphatic rings. The Morgan fingerprint density at radius 1 is 1.14 bits per heavy atom. The van der Waals surface area contributed by atoms with Gasteiger partial charge >= 0.3 is 22.1 Å². The van der Waals surface area contributed by atoms with Crippen molar-refractivity contribution in [3.8, 4) is 0 Å². The maximum absolute atomic E-state index is 11.9. The fourth-order valence-corrected chi connectivity index (χ4v) is 2.39. The average molecular weight is 316 g/mol. The van der Waals surface area contributed by atoms with Gasteiger partial charge in [-0.3, -0.25) is 14.3 Å². The summed E-state index contributed by atoms with van der Waals surface area (Å²) in [6, 6.07) is 5.90. The zero-order valence-electron chi connectivity index (χ0n) is 11.3. The van der Waals surface area contributed by atoms with Gasteiger partial charge in [0, 0.05) is 19.3 Å². The third-order valence-corrected chi connectivity index (χ3v) is 4.10. The number of carboxylic acid groups (broad SMARTS) is 2. The van der Waals surface area contributed by atoms with Crippen LogP contribution in [0.4, 0.5) is 5.69 Å². The summed E-state index contributed by atoms with van der Waals surface area (Å²) in [6.07, 6.45) is -0.444. The van der Waals surface area contributed by atoms with E-state index in [1.165, 1.54) is 31.3 Å². The third kappa shape index (κ3) is 5.79. The number of hydrogen-bond donors (Lipinski definition) is 3. The maximum atomic E-state index is 11.9. The molecule has 0 heterocycles. The van der Waals surface area contributed by atoms with Crippen LogP contribution in [0, 0.1) is 0 Å². The largest absolute Gasteiger partial charge is 0.481 e. The molecule has 0 bridgehead atoms. The van der Waals surface area contributed by atoms with E-state index in [2.05, 4.69) is 4.72 Å². The first-order valence-corrected chi connectivity index (χ1v) is 7.41. The van der Waals surface area contributed by atoms with Gasteiger partial charge in [0.15, 0.2) is 0 Å². The monoisotopic (exact) mass is 316 g/mol. The minimum absolute atomic E-state index is 0.147. The summed E-state index contributed by atoms with van der Waals surface area (Å²) >= 11 is 0. The van der Waals surface area contributed by atoms with E-state index < -0.39 is 22.1 Å². The summed E-state index contributed by atoms with van der Waals surface area (Å²) in [5.41, 5.74) is 0.816. The van der Waals surface area contributed by atoms with E-state index in [-0.39, 0.29) is 25.1 Å². The van der Waals surface area contributed by atoms with Gasteiger partial charge in [-0.05, 0) is 17.7 Å². The molecule has 0 fully saturated rings. The van der Waals surface area contributed by atoms with Gasteiger partial charge in [-0.25, -0.2) is 0 Å². The summed E-state index contributed by atoms with van der Waals surface area (Å²) < 4.78 is 27.0. The Morgan fingerprint density at radius 2 is 1.71 bits per heavy atom. The Labute approximate surface area is 122 Å². The molecular weight excluding hydrogens is 300 g/mol. The average Bonchev–Trinajstić information content (AvgIpc) is 2.37. The Morgan fingerprint density at radius 3 is 2.19 bits per heavy atom. The smallest absolute Gasteiger partial charge is 0.307 e. The predicted octanol–water partition coefficient (Wildman–Crippen LogP) is 0.377. The van der Waals surface area contributed by atoms with Crippen LogP contribution < -0.4 is 4.72 Å². The van der Waals surface area contributed by atoms with Crippen LogP contribution in [0.1, 0.15) is 12.0 Å². The van der Waals surface area contributed by atoms with Gasteiger partial charge in [-0.2, -0.15) is 12.7 Å². The van der Waals surface area contributed by atoms with Gasteiger partial charge in [0.2, 0.25) is 0 Å². The summed E-state index contributed by atoms with van der Waals surface area (Å²) in [7, 11) is -2.57. The van der Waals surface area contributed by atoms with E-state index >= 15 is 0 Å². The van der Waals surface area contributed by atoms with E-state index in [1.807, 2.05) is 0 Å². The highest BCUT2D eigenvalue weighted by Crippen LogP contribution is 2.13. The van der Waals surface area contributed by atoms with Gasteiger partial charge in [0.1, 0.15) is 0 Å². The zero-order valence-corrected chi connectivity index (χ0v) is 12.1. The van der Waals surface area contributed by atoms with Crippen molar-refractivity contribution in [1.29, 1.82) is 0 Å². The number of nitrogens with one attached hydrogen (secondary N) is 1. The van der Waals surface area contributed by atoms with Crippen molar-refractivity contribution in [2.75, 3.05) is 18.3 Å². The number of anilines is 1. The molecule has 0 aliphatic carbocycles. The lowest BCUT2D eigenvalue weighted by molar-refractivity contribution is -0.137. The molecule has 1 rings (SSSR count). The second kappa shape index (κ2) is 7.04. The topological polar surface area (TPSA) is 124 Å². The van der Waals surface area contributed by atoms with Crippen LogP contribution in [-0.4, -0.2) is 48.5 Å². The van der Waals surface area contributed by atoms with Gasteiger partial charge < -0.3 is 10.2 Å². The lowest BCUT2D eigenvalue weighted by Crippen LogP contribution is -2.34. The van der Waals surface area contributed by atoms with Crippen LogP contribution in [0.5, 0.6) is 0 Å². The molecule has 116 valence electrons. The number of aliphatic carboxylic acids is 2. The van der Waals surface area contributed by atoms with E-state index in [1.54, 1.807) is 0 Å². The molecular formula is C12H16N2O6S. The fraction of sp³-hybridized carbons (Fsp3) is 0.333. The van der Waals surface area contributed by atoms with Gasteiger partial charge in [0.05, 0.1) is 12.8 Å². The molecule has 0 saturated carbocycles. The van der Waals surface area contributed by atoms with Crippen molar-refractivity contribution in [2.24, 2.45) is 0 Å². The van der Waals surface area contributed by atoms with Crippen LogP contribution in [0.3, 0.4) is 0 Å². The minimum Gasteiger partial charge on any atom is -0.481 e. The molecule has 0 unspecified atom stereocenters. The highest BCUT2D eigenvalue weighted by atomic mass is 32.2. The standard InChI is InChI=1S/C12H16N2O6S/c1-14(7-6-11(15)16)21(19,20)13-10-4-2-9(3-5-10)8-12(17)18/h2-5,13H,6-8H2,1H3,(H,15,16)(H,17,18). The summed E-state index contributed by atoms with van der Waals surface area (Å²) in [6.45, 7) is -0.151. The second-order valence-electron chi connectivity index (χ2n) is 4.34. The predicted molar refractivity (Wildman–Crippen MR) is 75.2 cm³/mol. The van der Waals surface area contributed by atoms with Crippen molar-refractivity contribution in [3.05, 3.63) is 29.8 Å². The number of rotatable bonds is 8. The second-order valence-corrected chi connectivity index (χ2v) is 6.12. The van der Waals surface area contributed by atoms with Crippen molar-refractivity contribution in [1.82, 2.24) is 4.31 Å². The van der Waals surface area contributed by atoms with Gasteiger partial charge in [-0.15, -0.1) is 0 Å². The molecule has 1 aromatic rings. The third-order valence-electron chi connectivity index (χ3n) is 2.61. The minimum atomic E-state index is -3.84. The van der Waals surface area contributed by atoms with E-state index in [0.717, 1.165) is 4.31 Å². The first-order valence-electron chi connectivity index (χ1n) is 5.97. The number of carboxylic acids is 2. The number of hydrogen-bond acceptors (Lipinski definition) is 4. The van der Waals surface area contributed by atoms with Crippen molar-refractivity contribution < 1.29 is 28.2 Å². The molecule has 0 aromatic heterocycles. The molecule has 3 N–H and O–H groups in total. The van der Waals surface area contributed by atoms with Crippen molar-refractivity contribution in [3.63, 3.8) is 0 Å². The first kappa shape index (κ1) is 16.9. The van der Waals surface area contributed by atoms with Gasteiger partial charge in [0.25, 0.3) is 0 Å². The first-order chi connectivity index (χ1) is 9.70. The molecule has 0 spiro atoms. The number of carbonyl (C=O) groups is 2. The molecule has 0 atom stereocenters. The molecule has 8 nitrogen and oxygen atoms in total. The molecule has 0 amide bonds. The number of nitrogens with zero attached hydrogens (tertiary/aromatic N) is 1. The maximum Gasteiger partial charge on any atom is 0.307 e. The quantitative estimate of drug-likeness (QED) is 0.637. The molecule has 9 heteroatoms. The molecule has 0 aliphatic heterocycles. The summed E-state index contributed by atoms with van der Waals surface area (Å²) in [5.74, 6) is -2.06. The fourth-order valence-electron chi connectivity index (χ4n) is 1.47. The molecule has 0 saturated heterocycles. The summed E-state index contributed by atoms with van der Waals surface area (Å²) in [5, 5.41) is 17.2. The molecule has 1 aromatic carbocycles. The summed E-state index contributed by atoms with van der Waals surface area (Å²) in [4.78, 5) is 21.0. The van der Waals surface area contributed by atoms with Crippen LogP contribution in [0.25, 0.3) is 0 Å². The SMILES string of the molecule is CN(CCC(=O)O)S(=O)(=O)Nc1ccc(CC(=O)O)cc1. The van der Waals surface area contributed by atoms with Crippen LogP contribution in [-0.2, 0) is 26.2 Å². The van der Waals surface area contributed by atoms with Gasteiger partial charge in [-0.1, -0.05) is 12.1 Å². The lowest BCUT2D eigenvalue weighted by atomic mass is 10.1. The van der Waals surface area contributed by atoms with E-state index in [4.69, 9.17) is 10.2 Å². The Bertz CT molecular complexity index is 611. The Balaban J connectivity index is 2.70. The van der Waals surface area contributed by atoms with Crippen LogP contribution >= 0.6 is 0 Å². The Kier molecular flexibility index (Phi) is 5.68. The van der Waals surface area contributed by atoms with Crippen LogP contribution in [0.2, 0.25) is 0 Å². The van der Waals surface area contributed by atoms with Crippen molar-refractivity contribution in [2.45, 2.75) is 12.8 Å². The normalized spacial score (nSPS) is 11.3. The van der Waals surface area contributed by atoms with E-state index in [0.29, 0.717) is 5.56 Å². The van der Waals surface area contributed by atoms with Crippen molar-refractivity contribution >= 4 is 27.8 Å². The lowest BCUT2D eigenvalue weighted by Gasteiger charge is -2.17. The number of benzene rings is 1. The zero-order chi connectivity index (χ0) is 16.0. The van der Waals surface area contributed by atoms with Crippen LogP contribution in [0.15, 0.2) is 24.3 Å². The highest BCUT2D eigenvalue weighted by molar-refractivity contribution is 7.90. The molecule has 21 heavy (non-hydrogen) atoms. The molecule has 0 radical (unpaired) electrons. The van der Waals surface area contributed by atoms with E-state index in [9.17, 15) is 18.0 Å².